The third-order valence-electron chi connectivity index (χ3n) is 5.66. The molecule has 2 aliphatic rings. The van der Waals surface area contributed by atoms with Crippen molar-refractivity contribution in [2.75, 3.05) is 44.2 Å². The van der Waals surface area contributed by atoms with Crippen LogP contribution in [0.5, 0.6) is 0 Å². The molecule has 0 saturated carbocycles. The first kappa shape index (κ1) is 19.3. The molecule has 2 amide bonds. The Labute approximate surface area is 170 Å². The summed E-state index contributed by atoms with van der Waals surface area (Å²) in [6.45, 7) is 6.19. The second-order valence-electron chi connectivity index (χ2n) is 7.71. The Hall–Kier alpha value is -3.03. The van der Waals surface area contributed by atoms with Crippen molar-refractivity contribution in [2.24, 2.45) is 5.92 Å². The molecule has 4 heterocycles. The van der Waals surface area contributed by atoms with E-state index in [0.29, 0.717) is 49.4 Å². The van der Waals surface area contributed by atoms with Gasteiger partial charge in [0.2, 0.25) is 5.95 Å². The van der Waals surface area contributed by atoms with Gasteiger partial charge in [0.25, 0.3) is 11.8 Å². The van der Waals surface area contributed by atoms with Crippen LogP contribution in [0.1, 0.15) is 40.7 Å². The molecule has 0 aliphatic carbocycles. The first-order chi connectivity index (χ1) is 14.1. The number of hydrogen-bond donors (Lipinski definition) is 0. The predicted octanol–water partition coefficient (Wildman–Crippen LogP) is 1.71. The predicted molar refractivity (Wildman–Crippen MR) is 109 cm³/mol. The summed E-state index contributed by atoms with van der Waals surface area (Å²) in [4.78, 5) is 44.3. The van der Waals surface area contributed by atoms with Crippen molar-refractivity contribution in [3.8, 4) is 0 Å². The van der Waals surface area contributed by atoms with Crippen molar-refractivity contribution in [1.29, 1.82) is 0 Å². The Bertz CT molecular complexity index is 858. The highest BCUT2D eigenvalue weighted by Gasteiger charge is 2.26. The zero-order chi connectivity index (χ0) is 20.2. The molecule has 0 atom stereocenters. The van der Waals surface area contributed by atoms with Gasteiger partial charge >= 0.3 is 0 Å². The fourth-order valence-electron chi connectivity index (χ4n) is 3.77. The van der Waals surface area contributed by atoms with Gasteiger partial charge in [-0.15, -0.1) is 0 Å². The molecule has 0 bridgehead atoms. The standard InChI is InChI=1S/C21H26N6O2/c1-16-6-10-25(11-7-16)19(28)17-4-2-5-18(24-17)20(29)26-12-14-27(15-13-26)21-22-8-3-9-23-21/h2-5,8-9,16H,6-7,10-15H2,1H3. The van der Waals surface area contributed by atoms with Crippen LogP contribution in [-0.4, -0.2) is 75.8 Å². The van der Waals surface area contributed by atoms with Gasteiger partial charge in [-0.3, -0.25) is 9.59 Å². The van der Waals surface area contributed by atoms with Gasteiger partial charge in [-0.1, -0.05) is 13.0 Å². The summed E-state index contributed by atoms with van der Waals surface area (Å²) in [7, 11) is 0. The molecule has 2 fully saturated rings. The smallest absolute Gasteiger partial charge is 0.272 e. The molecule has 0 unspecified atom stereocenters. The molecule has 2 aromatic rings. The lowest BCUT2D eigenvalue weighted by Gasteiger charge is -2.34. The van der Waals surface area contributed by atoms with Gasteiger partial charge < -0.3 is 14.7 Å². The van der Waals surface area contributed by atoms with Gasteiger partial charge in [0.05, 0.1) is 0 Å². The molecule has 29 heavy (non-hydrogen) atoms. The maximum absolute atomic E-state index is 12.9. The molecule has 0 radical (unpaired) electrons. The van der Waals surface area contributed by atoms with Crippen molar-refractivity contribution in [1.82, 2.24) is 24.8 Å². The van der Waals surface area contributed by atoms with Crippen LogP contribution in [0.25, 0.3) is 0 Å². The van der Waals surface area contributed by atoms with E-state index in [1.807, 2.05) is 4.90 Å². The number of pyridine rings is 1. The van der Waals surface area contributed by atoms with E-state index in [1.165, 1.54) is 0 Å². The Morgan fingerprint density at radius 1 is 0.828 bits per heavy atom. The lowest BCUT2D eigenvalue weighted by molar-refractivity contribution is 0.0690. The molecule has 8 nitrogen and oxygen atoms in total. The highest BCUT2D eigenvalue weighted by atomic mass is 16.2. The van der Waals surface area contributed by atoms with Crippen LogP contribution in [0.15, 0.2) is 36.7 Å². The number of carbonyl (C=O) groups is 2. The van der Waals surface area contributed by atoms with E-state index in [2.05, 4.69) is 26.8 Å². The molecule has 0 spiro atoms. The van der Waals surface area contributed by atoms with Crippen LogP contribution < -0.4 is 4.90 Å². The number of aromatic nitrogens is 3. The molecule has 2 aliphatic heterocycles. The normalized spacial score (nSPS) is 18.0. The van der Waals surface area contributed by atoms with Gasteiger partial charge in [0.1, 0.15) is 11.4 Å². The monoisotopic (exact) mass is 394 g/mol. The Kier molecular flexibility index (Phi) is 5.69. The van der Waals surface area contributed by atoms with Crippen LogP contribution in [0.3, 0.4) is 0 Å². The summed E-state index contributed by atoms with van der Waals surface area (Å²) in [6, 6.07) is 6.91. The Morgan fingerprint density at radius 3 is 1.97 bits per heavy atom. The summed E-state index contributed by atoms with van der Waals surface area (Å²) in [5, 5.41) is 0. The largest absolute Gasteiger partial charge is 0.337 e. The number of anilines is 1. The second kappa shape index (κ2) is 8.55. The molecule has 152 valence electrons. The van der Waals surface area contributed by atoms with Crippen LogP contribution in [0.2, 0.25) is 0 Å². The van der Waals surface area contributed by atoms with Crippen molar-refractivity contribution in [3.05, 3.63) is 48.0 Å². The molecule has 8 heteroatoms. The number of nitrogens with zero attached hydrogens (tertiary/aromatic N) is 6. The van der Waals surface area contributed by atoms with Gasteiger partial charge in [0.15, 0.2) is 0 Å². The molecule has 0 N–H and O–H groups in total. The summed E-state index contributed by atoms with van der Waals surface area (Å²) >= 11 is 0. The lowest BCUT2D eigenvalue weighted by atomic mass is 9.99. The molecule has 2 saturated heterocycles. The SMILES string of the molecule is CC1CCN(C(=O)c2cccc(C(=O)N3CCN(c4ncccn4)CC3)n2)CC1. The summed E-state index contributed by atoms with van der Waals surface area (Å²) in [6.07, 6.45) is 5.46. The van der Waals surface area contributed by atoms with Crippen molar-refractivity contribution >= 4 is 17.8 Å². The van der Waals surface area contributed by atoms with E-state index < -0.39 is 0 Å². The number of hydrogen-bond acceptors (Lipinski definition) is 6. The van der Waals surface area contributed by atoms with Crippen molar-refractivity contribution < 1.29 is 9.59 Å². The average molecular weight is 394 g/mol. The van der Waals surface area contributed by atoms with E-state index in [4.69, 9.17) is 0 Å². The summed E-state index contributed by atoms with van der Waals surface area (Å²) < 4.78 is 0. The van der Waals surface area contributed by atoms with E-state index in [9.17, 15) is 9.59 Å². The summed E-state index contributed by atoms with van der Waals surface area (Å²) in [5.41, 5.74) is 0.673. The van der Waals surface area contributed by atoms with Crippen LogP contribution in [0.4, 0.5) is 5.95 Å². The van der Waals surface area contributed by atoms with Crippen molar-refractivity contribution in [2.45, 2.75) is 19.8 Å². The first-order valence-corrected chi connectivity index (χ1v) is 10.2. The minimum Gasteiger partial charge on any atom is -0.337 e. The third-order valence-corrected chi connectivity index (χ3v) is 5.66. The lowest BCUT2D eigenvalue weighted by Crippen LogP contribution is -2.49. The Balaban J connectivity index is 1.39. The van der Waals surface area contributed by atoms with Crippen LogP contribution in [0, 0.1) is 5.92 Å². The van der Waals surface area contributed by atoms with E-state index in [0.717, 1.165) is 25.9 Å². The zero-order valence-corrected chi connectivity index (χ0v) is 16.7. The molecular weight excluding hydrogens is 368 g/mol. The van der Waals surface area contributed by atoms with Crippen molar-refractivity contribution in [3.63, 3.8) is 0 Å². The van der Waals surface area contributed by atoms with Gasteiger partial charge in [-0.05, 0) is 37.0 Å². The average Bonchev–Trinajstić information content (AvgIpc) is 2.79. The number of likely N-dealkylation sites (tertiary alicyclic amines) is 1. The summed E-state index contributed by atoms with van der Waals surface area (Å²) in [5.74, 6) is 1.11. The Morgan fingerprint density at radius 2 is 1.38 bits per heavy atom. The molecular formula is C21H26N6O2. The topological polar surface area (TPSA) is 82.5 Å². The highest BCUT2D eigenvalue weighted by Crippen LogP contribution is 2.18. The van der Waals surface area contributed by atoms with E-state index >= 15 is 0 Å². The maximum atomic E-state index is 12.9. The number of amides is 2. The molecule has 0 aromatic carbocycles. The second-order valence-corrected chi connectivity index (χ2v) is 7.71. The number of piperazine rings is 1. The number of rotatable bonds is 3. The van der Waals surface area contributed by atoms with E-state index in [-0.39, 0.29) is 11.8 Å². The van der Waals surface area contributed by atoms with Gasteiger partial charge in [-0.2, -0.15) is 0 Å². The molecule has 4 rings (SSSR count). The number of piperidine rings is 1. The minimum absolute atomic E-state index is 0.0856. The zero-order valence-electron chi connectivity index (χ0n) is 16.7. The first-order valence-electron chi connectivity index (χ1n) is 10.2. The molecule has 2 aromatic heterocycles. The fraction of sp³-hybridized carbons (Fsp3) is 0.476. The maximum Gasteiger partial charge on any atom is 0.272 e. The van der Waals surface area contributed by atoms with Gasteiger partial charge in [0, 0.05) is 51.7 Å². The van der Waals surface area contributed by atoms with Crippen LogP contribution in [-0.2, 0) is 0 Å². The minimum atomic E-state index is -0.138. The van der Waals surface area contributed by atoms with Crippen LogP contribution >= 0.6 is 0 Å². The number of carbonyl (C=O) groups excluding carboxylic acids is 2. The quantitative estimate of drug-likeness (QED) is 0.788. The fourth-order valence-corrected chi connectivity index (χ4v) is 3.77. The third kappa shape index (κ3) is 4.36. The highest BCUT2D eigenvalue weighted by molar-refractivity contribution is 5.96. The van der Waals surface area contributed by atoms with E-state index in [1.54, 1.807) is 41.6 Å². The van der Waals surface area contributed by atoms with Gasteiger partial charge in [-0.25, -0.2) is 15.0 Å².